The first-order valence-corrected chi connectivity index (χ1v) is 8.13. The van der Waals surface area contributed by atoms with Gasteiger partial charge in [-0.05, 0) is 18.1 Å². The minimum absolute atomic E-state index is 0.0915. The van der Waals surface area contributed by atoms with Crippen LogP contribution >= 0.6 is 11.6 Å². The molecule has 0 aliphatic rings. The Morgan fingerprint density at radius 2 is 1.53 bits per heavy atom. The molecule has 0 aromatic heterocycles. The first kappa shape index (κ1) is 16.5. The van der Waals surface area contributed by atoms with E-state index in [0.29, 0.717) is 0 Å². The van der Waals surface area contributed by atoms with Crippen LogP contribution in [0.3, 0.4) is 0 Å². The summed E-state index contributed by atoms with van der Waals surface area (Å²) >= 11 is 6.15. The highest BCUT2D eigenvalue weighted by Crippen LogP contribution is 2.24. The maximum atomic E-state index is 6.19. The van der Waals surface area contributed by atoms with Crippen molar-refractivity contribution in [2.75, 3.05) is 0 Å². The van der Waals surface area contributed by atoms with Gasteiger partial charge in [0.25, 0.3) is 0 Å². The van der Waals surface area contributed by atoms with Gasteiger partial charge in [0.1, 0.15) is 0 Å². The summed E-state index contributed by atoms with van der Waals surface area (Å²) in [6.07, 6.45) is 11.8. The van der Waals surface area contributed by atoms with Crippen molar-refractivity contribution >= 4 is 11.6 Å². The Labute approximate surface area is 123 Å². The van der Waals surface area contributed by atoms with Crippen LogP contribution in [0.4, 0.5) is 0 Å². The molecule has 2 heteroatoms. The second-order valence-electron chi connectivity index (χ2n) is 5.39. The lowest BCUT2D eigenvalue weighted by Gasteiger charge is -2.13. The smallest absolute Gasteiger partial charge is 0.0453 e. The molecule has 0 aliphatic heterocycles. The van der Waals surface area contributed by atoms with Gasteiger partial charge >= 0.3 is 0 Å². The molecule has 1 rings (SSSR count). The van der Waals surface area contributed by atoms with Gasteiger partial charge in [0, 0.05) is 11.1 Å². The third-order valence-electron chi connectivity index (χ3n) is 3.67. The van der Waals surface area contributed by atoms with Crippen molar-refractivity contribution in [1.82, 2.24) is 0 Å². The molecule has 1 atom stereocenters. The predicted molar refractivity (Wildman–Crippen MR) is 85.6 cm³/mol. The summed E-state index contributed by atoms with van der Waals surface area (Å²) in [6.45, 7) is 2.26. The van der Waals surface area contributed by atoms with E-state index in [1.807, 2.05) is 24.3 Å². The van der Waals surface area contributed by atoms with E-state index in [-0.39, 0.29) is 6.04 Å². The highest BCUT2D eigenvalue weighted by atomic mass is 35.5. The number of hydrogen-bond donors (Lipinski definition) is 1. The number of hydrogen-bond acceptors (Lipinski definition) is 1. The molecule has 19 heavy (non-hydrogen) atoms. The van der Waals surface area contributed by atoms with Crippen molar-refractivity contribution in [3.63, 3.8) is 0 Å². The molecule has 2 N–H and O–H groups in total. The summed E-state index contributed by atoms with van der Waals surface area (Å²) in [6, 6.07) is 8.01. The van der Waals surface area contributed by atoms with Gasteiger partial charge in [0.15, 0.2) is 0 Å². The molecular weight excluding hydrogens is 254 g/mol. The number of nitrogens with two attached hydrogens (primary N) is 1. The fraction of sp³-hybridized carbons (Fsp3) is 0.647. The normalized spacial score (nSPS) is 12.6. The lowest BCUT2D eigenvalue weighted by molar-refractivity contribution is 0.536. The molecule has 108 valence electrons. The Hall–Kier alpha value is -0.530. The quantitative estimate of drug-likeness (QED) is 0.533. The zero-order chi connectivity index (χ0) is 13.9. The van der Waals surface area contributed by atoms with Crippen molar-refractivity contribution in [3.05, 3.63) is 34.9 Å². The zero-order valence-electron chi connectivity index (χ0n) is 12.2. The van der Waals surface area contributed by atoms with Crippen molar-refractivity contribution in [3.8, 4) is 0 Å². The maximum Gasteiger partial charge on any atom is 0.0453 e. The molecule has 0 saturated heterocycles. The van der Waals surface area contributed by atoms with Gasteiger partial charge in [-0.3, -0.25) is 0 Å². The minimum atomic E-state index is 0.0915. The molecule has 1 aromatic carbocycles. The molecule has 0 saturated carbocycles. The summed E-state index contributed by atoms with van der Waals surface area (Å²) in [5.74, 6) is 0. The van der Waals surface area contributed by atoms with E-state index in [2.05, 4.69) is 6.92 Å². The molecule has 1 aromatic rings. The zero-order valence-corrected chi connectivity index (χ0v) is 13.0. The Kier molecular flexibility index (Phi) is 8.94. The molecule has 0 bridgehead atoms. The highest BCUT2D eigenvalue weighted by molar-refractivity contribution is 6.31. The van der Waals surface area contributed by atoms with E-state index in [0.717, 1.165) is 17.0 Å². The summed E-state index contributed by atoms with van der Waals surface area (Å²) in [7, 11) is 0. The predicted octanol–water partition coefficient (Wildman–Crippen LogP) is 5.87. The van der Waals surface area contributed by atoms with Gasteiger partial charge in [-0.25, -0.2) is 0 Å². The lowest BCUT2D eigenvalue weighted by Crippen LogP contribution is -2.10. The lowest BCUT2D eigenvalue weighted by atomic mass is 10.00. The third-order valence-corrected chi connectivity index (χ3v) is 4.02. The Morgan fingerprint density at radius 3 is 2.16 bits per heavy atom. The van der Waals surface area contributed by atoms with Crippen LogP contribution in [-0.4, -0.2) is 0 Å². The van der Waals surface area contributed by atoms with Crippen molar-refractivity contribution in [2.24, 2.45) is 5.73 Å². The summed E-state index contributed by atoms with van der Waals surface area (Å²) in [5.41, 5.74) is 7.28. The van der Waals surface area contributed by atoms with Crippen molar-refractivity contribution in [1.29, 1.82) is 0 Å². The first-order chi connectivity index (χ1) is 9.25. The monoisotopic (exact) mass is 281 g/mol. The topological polar surface area (TPSA) is 26.0 Å². The van der Waals surface area contributed by atoms with Crippen molar-refractivity contribution in [2.45, 2.75) is 70.8 Å². The van der Waals surface area contributed by atoms with Gasteiger partial charge in [0.2, 0.25) is 0 Å². The SMILES string of the molecule is CCCCCCCCCCC(N)c1ccccc1Cl. The molecular formula is C17H28ClN. The standard InChI is InChI=1S/C17H28ClN/c1-2-3-4-5-6-7-8-9-14-17(19)15-12-10-11-13-16(15)18/h10-13,17H,2-9,14,19H2,1H3. The minimum Gasteiger partial charge on any atom is -0.324 e. The van der Waals surface area contributed by atoms with E-state index >= 15 is 0 Å². The van der Waals surface area contributed by atoms with E-state index in [4.69, 9.17) is 17.3 Å². The fourth-order valence-electron chi connectivity index (χ4n) is 2.43. The average molecular weight is 282 g/mol. The first-order valence-electron chi connectivity index (χ1n) is 7.75. The number of unbranched alkanes of at least 4 members (excludes halogenated alkanes) is 7. The Balaban J connectivity index is 2.08. The van der Waals surface area contributed by atoms with Gasteiger partial charge in [0.05, 0.1) is 0 Å². The Morgan fingerprint density at radius 1 is 0.947 bits per heavy atom. The second-order valence-corrected chi connectivity index (χ2v) is 5.80. The average Bonchev–Trinajstić information content (AvgIpc) is 2.42. The van der Waals surface area contributed by atoms with E-state index < -0.39 is 0 Å². The van der Waals surface area contributed by atoms with Crippen LogP contribution in [0.25, 0.3) is 0 Å². The molecule has 0 heterocycles. The van der Waals surface area contributed by atoms with Crippen LogP contribution in [-0.2, 0) is 0 Å². The van der Waals surface area contributed by atoms with Crippen LogP contribution in [0, 0.1) is 0 Å². The van der Waals surface area contributed by atoms with Gasteiger partial charge in [-0.15, -0.1) is 0 Å². The largest absolute Gasteiger partial charge is 0.324 e. The maximum absolute atomic E-state index is 6.19. The van der Waals surface area contributed by atoms with Crippen LogP contribution < -0.4 is 5.73 Å². The van der Waals surface area contributed by atoms with Crippen LogP contribution in [0.5, 0.6) is 0 Å². The molecule has 0 radical (unpaired) electrons. The number of halogens is 1. The highest BCUT2D eigenvalue weighted by Gasteiger charge is 2.08. The van der Waals surface area contributed by atoms with Crippen molar-refractivity contribution < 1.29 is 0 Å². The summed E-state index contributed by atoms with van der Waals surface area (Å²) < 4.78 is 0. The molecule has 0 spiro atoms. The van der Waals surface area contributed by atoms with Crippen LogP contribution in [0.2, 0.25) is 5.02 Å². The Bertz CT molecular complexity index is 338. The van der Waals surface area contributed by atoms with Gasteiger partial charge in [-0.1, -0.05) is 88.1 Å². The molecule has 0 fully saturated rings. The van der Waals surface area contributed by atoms with Gasteiger partial charge < -0.3 is 5.73 Å². The van der Waals surface area contributed by atoms with E-state index in [1.54, 1.807) is 0 Å². The second kappa shape index (κ2) is 10.3. The fourth-order valence-corrected chi connectivity index (χ4v) is 2.71. The molecule has 1 unspecified atom stereocenters. The summed E-state index contributed by atoms with van der Waals surface area (Å²) in [5, 5.41) is 0.801. The molecule has 0 aliphatic carbocycles. The third kappa shape index (κ3) is 6.98. The van der Waals surface area contributed by atoms with E-state index in [1.165, 1.54) is 51.4 Å². The van der Waals surface area contributed by atoms with E-state index in [9.17, 15) is 0 Å². The summed E-state index contributed by atoms with van der Waals surface area (Å²) in [4.78, 5) is 0. The number of rotatable bonds is 10. The van der Waals surface area contributed by atoms with Crippen LogP contribution in [0.1, 0.15) is 76.3 Å². The molecule has 1 nitrogen and oxygen atoms in total. The van der Waals surface area contributed by atoms with Gasteiger partial charge in [-0.2, -0.15) is 0 Å². The molecule has 0 amide bonds. The van der Waals surface area contributed by atoms with Crippen LogP contribution in [0.15, 0.2) is 24.3 Å². The number of benzene rings is 1.